The third kappa shape index (κ3) is 4.57. The average Bonchev–Trinajstić information content (AvgIpc) is 3.10. The van der Waals surface area contributed by atoms with Gasteiger partial charge < -0.3 is 10.1 Å². The van der Waals surface area contributed by atoms with Gasteiger partial charge in [0.05, 0.1) is 19.3 Å². The van der Waals surface area contributed by atoms with Crippen LogP contribution < -0.4 is 5.32 Å². The Labute approximate surface area is 153 Å². The lowest BCUT2D eigenvalue weighted by atomic mass is 10.1. The van der Waals surface area contributed by atoms with Crippen LogP contribution in [0.2, 0.25) is 0 Å². The Hall–Kier alpha value is -1.40. The molecule has 0 bridgehead atoms. The second-order valence-corrected chi connectivity index (χ2v) is 6.68. The highest BCUT2D eigenvalue weighted by Gasteiger charge is 2.24. The largest absolute Gasteiger partial charge is 0.379 e. The molecule has 2 aromatic rings. The highest BCUT2D eigenvalue weighted by Crippen LogP contribution is 2.25. The summed E-state index contributed by atoms with van der Waals surface area (Å²) in [5.74, 6) is -0.00193. The number of morpholine rings is 1. The highest BCUT2D eigenvalue weighted by atomic mass is 35.5. The molecular weight excluding hydrogens is 344 g/mol. The number of nitrogens with zero attached hydrogens (tertiary/aromatic N) is 1. The Bertz CT molecular complexity index is 642. The monoisotopic (exact) mass is 366 g/mol. The molecule has 6 heteroatoms. The summed E-state index contributed by atoms with van der Waals surface area (Å²) in [4.78, 5) is 16.2. The summed E-state index contributed by atoms with van der Waals surface area (Å²) in [7, 11) is 0. The Balaban J connectivity index is 0.00000208. The third-order valence-corrected chi connectivity index (χ3v) is 5.18. The van der Waals surface area contributed by atoms with E-state index in [1.54, 1.807) is 11.3 Å². The number of thiophene rings is 1. The Kier molecular flexibility index (Phi) is 7.24. The first-order chi connectivity index (χ1) is 11.3. The molecule has 130 valence electrons. The van der Waals surface area contributed by atoms with E-state index < -0.39 is 0 Å². The van der Waals surface area contributed by atoms with Crippen LogP contribution in [0.3, 0.4) is 0 Å². The van der Waals surface area contributed by atoms with Gasteiger partial charge in [0.15, 0.2) is 0 Å². The van der Waals surface area contributed by atoms with Gasteiger partial charge in [-0.1, -0.05) is 24.3 Å². The van der Waals surface area contributed by atoms with Gasteiger partial charge in [-0.05, 0) is 30.0 Å². The standard InChI is InChI=1S/C18H22N2O2S.ClH/c1-14-5-2-3-6-15(14)18(21)19-13-16(17-7-4-12-23-17)20-8-10-22-11-9-20;/h2-7,12,16H,8-11,13H2,1H3,(H,19,21);1H. The normalized spacial score (nSPS) is 16.2. The topological polar surface area (TPSA) is 41.6 Å². The van der Waals surface area contributed by atoms with Crippen LogP contribution in [-0.4, -0.2) is 43.7 Å². The second kappa shape index (κ2) is 9.18. The number of ether oxygens (including phenoxy) is 1. The van der Waals surface area contributed by atoms with Crippen molar-refractivity contribution in [1.29, 1.82) is 0 Å². The molecule has 0 radical (unpaired) electrons. The number of hydrogen-bond donors (Lipinski definition) is 1. The molecule has 24 heavy (non-hydrogen) atoms. The molecule has 0 aliphatic carbocycles. The highest BCUT2D eigenvalue weighted by molar-refractivity contribution is 7.10. The van der Waals surface area contributed by atoms with E-state index in [0.717, 1.165) is 37.4 Å². The van der Waals surface area contributed by atoms with Gasteiger partial charge in [-0.3, -0.25) is 9.69 Å². The van der Waals surface area contributed by atoms with Gasteiger partial charge in [-0.15, -0.1) is 23.7 Å². The summed E-state index contributed by atoms with van der Waals surface area (Å²) in [6.45, 7) is 5.91. The van der Waals surface area contributed by atoms with Crippen molar-refractivity contribution in [2.24, 2.45) is 0 Å². The van der Waals surface area contributed by atoms with Crippen LogP contribution >= 0.6 is 23.7 Å². The molecule has 1 aromatic heterocycles. The number of amides is 1. The summed E-state index contributed by atoms with van der Waals surface area (Å²) in [6, 6.07) is 12.1. The summed E-state index contributed by atoms with van der Waals surface area (Å²) in [6.07, 6.45) is 0. The van der Waals surface area contributed by atoms with Crippen molar-refractivity contribution in [1.82, 2.24) is 10.2 Å². The zero-order valence-electron chi connectivity index (χ0n) is 13.7. The van der Waals surface area contributed by atoms with Crippen molar-refractivity contribution in [3.05, 3.63) is 57.8 Å². The fraction of sp³-hybridized carbons (Fsp3) is 0.389. The number of aryl methyl sites for hydroxylation is 1. The van der Waals surface area contributed by atoms with Gasteiger partial charge in [-0.25, -0.2) is 0 Å². The van der Waals surface area contributed by atoms with E-state index in [1.165, 1.54) is 4.88 Å². The summed E-state index contributed by atoms with van der Waals surface area (Å²) >= 11 is 1.74. The number of rotatable bonds is 5. The quantitative estimate of drug-likeness (QED) is 0.882. The Morgan fingerprint density at radius 2 is 2.00 bits per heavy atom. The molecule has 1 atom stereocenters. The molecule has 0 saturated carbocycles. The maximum absolute atomic E-state index is 12.5. The van der Waals surface area contributed by atoms with Gasteiger partial charge in [0.25, 0.3) is 5.91 Å². The van der Waals surface area contributed by atoms with E-state index in [0.29, 0.717) is 6.54 Å². The smallest absolute Gasteiger partial charge is 0.251 e. The van der Waals surface area contributed by atoms with Gasteiger partial charge >= 0.3 is 0 Å². The van der Waals surface area contributed by atoms with Crippen LogP contribution in [0.15, 0.2) is 41.8 Å². The zero-order chi connectivity index (χ0) is 16.1. The van der Waals surface area contributed by atoms with Gasteiger partial charge in [-0.2, -0.15) is 0 Å². The minimum Gasteiger partial charge on any atom is -0.379 e. The summed E-state index contributed by atoms with van der Waals surface area (Å²) in [5, 5.41) is 5.20. The molecule has 4 nitrogen and oxygen atoms in total. The molecule has 1 saturated heterocycles. The molecule has 1 fully saturated rings. The minimum atomic E-state index is -0.00193. The average molecular weight is 367 g/mol. The third-order valence-electron chi connectivity index (χ3n) is 4.20. The van der Waals surface area contributed by atoms with Crippen LogP contribution in [0, 0.1) is 6.92 Å². The first-order valence-electron chi connectivity index (χ1n) is 7.95. The van der Waals surface area contributed by atoms with Gasteiger partial charge in [0.2, 0.25) is 0 Å². The van der Waals surface area contributed by atoms with Crippen LogP contribution in [0.25, 0.3) is 0 Å². The van der Waals surface area contributed by atoms with Crippen molar-refractivity contribution >= 4 is 29.7 Å². The lowest BCUT2D eigenvalue weighted by Gasteiger charge is -2.34. The second-order valence-electron chi connectivity index (χ2n) is 5.70. The fourth-order valence-corrected chi connectivity index (χ4v) is 3.75. The summed E-state index contributed by atoms with van der Waals surface area (Å²) < 4.78 is 5.45. The van der Waals surface area contributed by atoms with Crippen LogP contribution in [0.1, 0.15) is 26.8 Å². The SMILES string of the molecule is Cc1ccccc1C(=O)NCC(c1cccs1)N1CCOCC1.Cl. The van der Waals surface area contributed by atoms with Gasteiger partial charge in [0.1, 0.15) is 0 Å². The summed E-state index contributed by atoms with van der Waals surface area (Å²) in [5.41, 5.74) is 1.75. The number of carbonyl (C=O) groups excluding carboxylic acids is 1. The Morgan fingerprint density at radius 3 is 2.67 bits per heavy atom. The van der Waals surface area contributed by atoms with Crippen molar-refractivity contribution in [3.8, 4) is 0 Å². The molecule has 3 rings (SSSR count). The molecule has 0 spiro atoms. The van der Waals surface area contributed by atoms with Crippen molar-refractivity contribution in [2.45, 2.75) is 13.0 Å². The van der Waals surface area contributed by atoms with E-state index in [4.69, 9.17) is 4.74 Å². The van der Waals surface area contributed by atoms with E-state index in [-0.39, 0.29) is 24.4 Å². The van der Waals surface area contributed by atoms with Crippen molar-refractivity contribution in [3.63, 3.8) is 0 Å². The van der Waals surface area contributed by atoms with Crippen molar-refractivity contribution in [2.75, 3.05) is 32.8 Å². The van der Waals surface area contributed by atoms with Crippen LogP contribution in [0.5, 0.6) is 0 Å². The van der Waals surface area contributed by atoms with E-state index in [1.807, 2.05) is 31.2 Å². The maximum Gasteiger partial charge on any atom is 0.251 e. The van der Waals surface area contributed by atoms with Gasteiger partial charge in [0, 0.05) is 30.1 Å². The molecule has 1 unspecified atom stereocenters. The molecule has 2 heterocycles. The Morgan fingerprint density at radius 1 is 1.25 bits per heavy atom. The molecule has 1 aliphatic heterocycles. The van der Waals surface area contributed by atoms with E-state index in [9.17, 15) is 4.79 Å². The minimum absolute atomic E-state index is 0. The lowest BCUT2D eigenvalue weighted by Crippen LogP contribution is -2.43. The first-order valence-corrected chi connectivity index (χ1v) is 8.82. The van der Waals surface area contributed by atoms with Crippen molar-refractivity contribution < 1.29 is 9.53 Å². The first kappa shape index (κ1) is 18.9. The number of halogens is 1. The number of hydrogen-bond acceptors (Lipinski definition) is 4. The molecule has 1 N–H and O–H groups in total. The van der Waals surface area contributed by atoms with E-state index in [2.05, 4.69) is 27.7 Å². The number of nitrogens with one attached hydrogen (secondary N) is 1. The zero-order valence-corrected chi connectivity index (χ0v) is 15.4. The molecule has 1 aliphatic rings. The molecule has 1 amide bonds. The van der Waals surface area contributed by atoms with Crippen LogP contribution in [0.4, 0.5) is 0 Å². The maximum atomic E-state index is 12.5. The predicted octanol–water partition coefficient (Wildman–Crippen LogP) is 3.28. The van der Waals surface area contributed by atoms with E-state index >= 15 is 0 Å². The molecule has 1 aromatic carbocycles. The predicted molar refractivity (Wildman–Crippen MR) is 100 cm³/mol. The number of benzene rings is 1. The number of carbonyl (C=O) groups is 1. The van der Waals surface area contributed by atoms with Crippen LogP contribution in [-0.2, 0) is 4.74 Å². The fourth-order valence-electron chi connectivity index (χ4n) is 2.89. The molecular formula is C18H23ClN2O2S. The lowest BCUT2D eigenvalue weighted by molar-refractivity contribution is 0.0169.